The van der Waals surface area contributed by atoms with E-state index in [0.29, 0.717) is 0 Å². The number of aliphatic hydroxyl groups excluding tert-OH is 1. The van der Waals surface area contributed by atoms with Gasteiger partial charge >= 0.3 is 0 Å². The van der Waals surface area contributed by atoms with E-state index >= 15 is 0 Å². The summed E-state index contributed by atoms with van der Waals surface area (Å²) in [6, 6.07) is 9.98. The van der Waals surface area contributed by atoms with Crippen LogP contribution in [0.15, 0.2) is 30.3 Å². The number of aliphatic hydroxyl groups is 1. The van der Waals surface area contributed by atoms with Crippen molar-refractivity contribution in [3.63, 3.8) is 0 Å². The monoisotopic (exact) mass is 263 g/mol. The molecule has 2 nitrogen and oxygen atoms in total. The van der Waals surface area contributed by atoms with Gasteiger partial charge in [-0.3, -0.25) is 0 Å². The Kier molecular flexibility index (Phi) is 3.74. The van der Waals surface area contributed by atoms with Gasteiger partial charge in [0.1, 0.15) is 0 Å². The predicted octanol–water partition coefficient (Wildman–Crippen LogP) is 3.17. The molecule has 1 aliphatic rings. The molecule has 0 bridgehead atoms. The molecule has 98 valence electrons. The van der Waals surface area contributed by atoms with Crippen LogP contribution in [0, 0.1) is 5.41 Å². The lowest BCUT2D eigenvalue weighted by atomic mass is 9.87. The van der Waals surface area contributed by atoms with Crippen LogP contribution in [0.25, 0.3) is 0 Å². The Morgan fingerprint density at radius 2 is 1.94 bits per heavy atom. The standard InChI is InChI=1S/C15H21NOS/c1-15(2,3)14(18)16-10-9-12(16)13(17)11-7-5-4-6-8-11/h4-8,12-13,17H,9-10H2,1-3H3/t12-,13-/m0/s1. The molecule has 18 heavy (non-hydrogen) atoms. The fraction of sp³-hybridized carbons (Fsp3) is 0.533. The molecule has 1 fully saturated rings. The zero-order chi connectivity index (χ0) is 13.3. The Labute approximate surface area is 115 Å². The third-order valence-corrected chi connectivity index (χ3v) is 4.32. The van der Waals surface area contributed by atoms with E-state index in [-0.39, 0.29) is 11.5 Å². The number of hydrogen-bond donors (Lipinski definition) is 1. The van der Waals surface area contributed by atoms with Crippen molar-refractivity contribution in [2.75, 3.05) is 6.54 Å². The van der Waals surface area contributed by atoms with Crippen molar-refractivity contribution >= 4 is 17.2 Å². The summed E-state index contributed by atoms with van der Waals surface area (Å²) in [5.41, 5.74) is 0.966. The number of likely N-dealkylation sites (tertiary alicyclic amines) is 1. The molecule has 0 amide bonds. The third kappa shape index (κ3) is 2.57. The highest BCUT2D eigenvalue weighted by molar-refractivity contribution is 7.80. The highest BCUT2D eigenvalue weighted by Gasteiger charge is 2.39. The molecule has 0 aromatic heterocycles. The van der Waals surface area contributed by atoms with E-state index in [9.17, 15) is 5.11 Å². The second-order valence-corrected chi connectivity index (χ2v) is 6.35. The molecule has 0 radical (unpaired) electrons. The van der Waals surface area contributed by atoms with Gasteiger partial charge in [-0.25, -0.2) is 0 Å². The number of nitrogens with zero attached hydrogens (tertiary/aromatic N) is 1. The first-order valence-corrected chi connectivity index (χ1v) is 6.86. The van der Waals surface area contributed by atoms with E-state index in [2.05, 4.69) is 25.7 Å². The van der Waals surface area contributed by atoms with Gasteiger partial charge in [0.25, 0.3) is 0 Å². The lowest BCUT2D eigenvalue weighted by Gasteiger charge is -2.48. The van der Waals surface area contributed by atoms with Crippen molar-refractivity contribution in [1.82, 2.24) is 4.90 Å². The smallest absolute Gasteiger partial charge is 0.0993 e. The van der Waals surface area contributed by atoms with Crippen LogP contribution in [0.3, 0.4) is 0 Å². The highest BCUT2D eigenvalue weighted by Crippen LogP contribution is 2.34. The lowest BCUT2D eigenvalue weighted by Crippen LogP contribution is -2.56. The van der Waals surface area contributed by atoms with Gasteiger partial charge in [-0.15, -0.1) is 0 Å². The first kappa shape index (κ1) is 13.5. The maximum atomic E-state index is 10.4. The minimum Gasteiger partial charge on any atom is -0.386 e. The van der Waals surface area contributed by atoms with Crippen molar-refractivity contribution in [1.29, 1.82) is 0 Å². The zero-order valence-electron chi connectivity index (χ0n) is 11.3. The topological polar surface area (TPSA) is 23.5 Å². The molecule has 0 aliphatic carbocycles. The number of thiocarbonyl (C=S) groups is 1. The van der Waals surface area contributed by atoms with Gasteiger partial charge in [-0.2, -0.15) is 0 Å². The minimum atomic E-state index is -0.444. The minimum absolute atomic E-state index is 0.00951. The first-order valence-electron chi connectivity index (χ1n) is 6.45. The zero-order valence-corrected chi connectivity index (χ0v) is 12.1. The number of rotatable bonds is 2. The Morgan fingerprint density at radius 1 is 1.33 bits per heavy atom. The maximum absolute atomic E-state index is 10.4. The van der Waals surface area contributed by atoms with Gasteiger partial charge in [0.05, 0.1) is 17.1 Å². The van der Waals surface area contributed by atoms with E-state index in [1.807, 2.05) is 30.3 Å². The summed E-state index contributed by atoms with van der Waals surface area (Å²) in [7, 11) is 0. The van der Waals surface area contributed by atoms with Crippen LogP contribution in [-0.2, 0) is 0 Å². The van der Waals surface area contributed by atoms with Crippen molar-refractivity contribution in [3.05, 3.63) is 35.9 Å². The van der Waals surface area contributed by atoms with E-state index in [0.717, 1.165) is 23.5 Å². The Morgan fingerprint density at radius 3 is 2.39 bits per heavy atom. The molecule has 1 aromatic carbocycles. The Hall–Kier alpha value is -0.930. The predicted molar refractivity (Wildman–Crippen MR) is 78.6 cm³/mol. The molecule has 1 saturated heterocycles. The molecule has 3 heteroatoms. The fourth-order valence-electron chi connectivity index (χ4n) is 2.29. The van der Waals surface area contributed by atoms with Gasteiger partial charge in [0.15, 0.2) is 0 Å². The summed E-state index contributed by atoms with van der Waals surface area (Å²) < 4.78 is 0. The van der Waals surface area contributed by atoms with Crippen LogP contribution >= 0.6 is 12.2 Å². The number of benzene rings is 1. The largest absolute Gasteiger partial charge is 0.386 e. The molecule has 0 saturated carbocycles. The normalized spacial score (nSPS) is 21.3. The van der Waals surface area contributed by atoms with E-state index < -0.39 is 6.10 Å². The average Bonchev–Trinajstić information content (AvgIpc) is 2.27. The van der Waals surface area contributed by atoms with Gasteiger partial charge < -0.3 is 10.0 Å². The molecule has 1 aromatic rings. The van der Waals surface area contributed by atoms with Crippen LogP contribution in [0.4, 0.5) is 0 Å². The van der Waals surface area contributed by atoms with Crippen LogP contribution in [0.1, 0.15) is 38.9 Å². The number of hydrogen-bond acceptors (Lipinski definition) is 2. The summed E-state index contributed by atoms with van der Waals surface area (Å²) in [5.74, 6) is 0. The van der Waals surface area contributed by atoms with Crippen LogP contribution in [0.5, 0.6) is 0 Å². The Balaban J connectivity index is 2.09. The van der Waals surface area contributed by atoms with Crippen molar-refractivity contribution in [2.24, 2.45) is 5.41 Å². The first-order chi connectivity index (χ1) is 8.41. The van der Waals surface area contributed by atoms with Crippen molar-refractivity contribution in [2.45, 2.75) is 39.3 Å². The van der Waals surface area contributed by atoms with Crippen LogP contribution in [0.2, 0.25) is 0 Å². The summed E-state index contributed by atoms with van der Waals surface area (Å²) in [4.78, 5) is 3.13. The van der Waals surface area contributed by atoms with Gasteiger partial charge in [-0.05, 0) is 12.0 Å². The van der Waals surface area contributed by atoms with E-state index in [4.69, 9.17) is 12.2 Å². The molecule has 1 N–H and O–H groups in total. The Bertz CT molecular complexity index is 424. The molecular formula is C15H21NOS. The van der Waals surface area contributed by atoms with Crippen LogP contribution < -0.4 is 0 Å². The van der Waals surface area contributed by atoms with Gasteiger partial charge in [-0.1, -0.05) is 63.3 Å². The fourth-order valence-corrected chi connectivity index (χ4v) is 2.52. The third-order valence-electron chi connectivity index (χ3n) is 3.47. The molecule has 0 unspecified atom stereocenters. The lowest BCUT2D eigenvalue weighted by molar-refractivity contribution is 0.0261. The van der Waals surface area contributed by atoms with E-state index in [1.54, 1.807) is 0 Å². The summed E-state index contributed by atoms with van der Waals surface area (Å²) >= 11 is 5.53. The van der Waals surface area contributed by atoms with Crippen molar-refractivity contribution in [3.8, 4) is 0 Å². The van der Waals surface area contributed by atoms with Gasteiger partial charge in [0, 0.05) is 12.0 Å². The average molecular weight is 263 g/mol. The van der Waals surface area contributed by atoms with Crippen LogP contribution in [-0.4, -0.2) is 27.6 Å². The SMILES string of the molecule is CC(C)(C)C(=S)N1CC[C@H]1[C@@H](O)c1ccccc1. The summed E-state index contributed by atoms with van der Waals surface area (Å²) in [5, 5.41) is 10.4. The van der Waals surface area contributed by atoms with Crippen molar-refractivity contribution < 1.29 is 5.11 Å². The van der Waals surface area contributed by atoms with E-state index in [1.165, 1.54) is 0 Å². The summed E-state index contributed by atoms with van der Waals surface area (Å²) in [6.07, 6.45) is 0.562. The summed E-state index contributed by atoms with van der Waals surface area (Å²) in [6.45, 7) is 7.34. The quantitative estimate of drug-likeness (QED) is 0.829. The maximum Gasteiger partial charge on any atom is 0.0993 e. The molecule has 1 aliphatic heterocycles. The second kappa shape index (κ2) is 4.98. The highest BCUT2D eigenvalue weighted by atomic mass is 32.1. The second-order valence-electron chi connectivity index (χ2n) is 5.96. The molecular weight excluding hydrogens is 242 g/mol. The molecule has 2 rings (SSSR count). The molecule has 2 atom stereocenters. The molecule has 1 heterocycles. The van der Waals surface area contributed by atoms with Gasteiger partial charge in [0.2, 0.25) is 0 Å². The molecule has 0 spiro atoms.